The first kappa shape index (κ1) is 31.3. The van der Waals surface area contributed by atoms with Gasteiger partial charge in [-0.1, -0.05) is 74.9 Å². The van der Waals surface area contributed by atoms with Crippen LogP contribution in [0.1, 0.15) is 80.9 Å². The van der Waals surface area contributed by atoms with E-state index in [9.17, 15) is 4.79 Å². The summed E-state index contributed by atoms with van der Waals surface area (Å²) in [5.74, 6) is -0.670. The van der Waals surface area contributed by atoms with Gasteiger partial charge in [-0.2, -0.15) is 0 Å². The highest BCUT2D eigenvalue weighted by atomic mass is 79.9. The predicted octanol–water partition coefficient (Wildman–Crippen LogP) is 4.90. The summed E-state index contributed by atoms with van der Waals surface area (Å²) >= 11 is 0. The lowest BCUT2D eigenvalue weighted by Crippen LogP contribution is -3.00. The van der Waals surface area contributed by atoms with Gasteiger partial charge in [-0.15, -0.1) is 0 Å². The van der Waals surface area contributed by atoms with E-state index in [-0.39, 0.29) is 17.0 Å². The number of halogens is 1. The van der Waals surface area contributed by atoms with Gasteiger partial charge in [-0.3, -0.25) is 4.79 Å². The fraction of sp³-hybridized carbons (Fsp3) is 0.424. The number of carboxylic acid groups (broad SMARTS) is 1. The van der Waals surface area contributed by atoms with E-state index in [0.29, 0.717) is 6.42 Å². The summed E-state index contributed by atoms with van der Waals surface area (Å²) in [5, 5.41) is 13.3. The van der Waals surface area contributed by atoms with Gasteiger partial charge in [0.1, 0.15) is 23.2 Å². The minimum Gasteiger partial charge on any atom is -1.00 e. The lowest BCUT2D eigenvalue weighted by atomic mass is 10.1. The van der Waals surface area contributed by atoms with Crippen LogP contribution in [0.2, 0.25) is 0 Å². The Morgan fingerprint density at radius 1 is 0.595 bits per heavy atom. The molecular weight excluding hydrogens is 539 g/mol. The average molecular weight is 584 g/mol. The molecule has 0 aromatic heterocycles. The molecule has 0 bridgehead atoms. The van der Waals surface area contributed by atoms with Crippen molar-refractivity contribution >= 4 is 29.1 Å². The van der Waals surface area contributed by atoms with Crippen LogP contribution in [0.4, 0.5) is 0 Å². The van der Waals surface area contributed by atoms with E-state index in [2.05, 4.69) is 93.6 Å². The smallest absolute Gasteiger partial charge is 0.303 e. The molecule has 0 heterocycles. The van der Waals surface area contributed by atoms with Crippen molar-refractivity contribution in [2.75, 3.05) is 6.16 Å². The van der Waals surface area contributed by atoms with Gasteiger partial charge in [0.2, 0.25) is 0 Å². The van der Waals surface area contributed by atoms with Crippen LogP contribution in [0, 0.1) is 20.8 Å². The van der Waals surface area contributed by atoms with Gasteiger partial charge < -0.3 is 22.1 Å². The van der Waals surface area contributed by atoms with E-state index in [1.54, 1.807) is 0 Å². The summed E-state index contributed by atoms with van der Waals surface area (Å²) < 4.78 is 0. The third-order valence-electron chi connectivity index (χ3n) is 7.21. The van der Waals surface area contributed by atoms with Gasteiger partial charge in [0.25, 0.3) is 0 Å². The summed E-state index contributed by atoms with van der Waals surface area (Å²) in [5.41, 5.74) is 4.00. The Balaban J connectivity index is 0.00000481. The number of aryl methyl sites for hydroxylation is 3. The molecule has 3 aromatic rings. The Morgan fingerprint density at radius 3 is 1.30 bits per heavy atom. The van der Waals surface area contributed by atoms with E-state index in [1.165, 1.54) is 77.3 Å². The molecule has 0 aliphatic rings. The first-order chi connectivity index (χ1) is 17.4. The zero-order valence-electron chi connectivity index (χ0n) is 22.9. The van der Waals surface area contributed by atoms with Crippen molar-refractivity contribution in [1.82, 2.24) is 0 Å². The standard InChI is InChI=1S/C33H43O2P.BrH/c1-27-16-13-19-30(24-27)36(31-20-14-17-28(2)25-31,32-21-15-18-29(3)26-32)23-12-10-8-6-4-5-7-9-11-22-33(34)35;/h13-21,24-26H,4-12,22-23H2,1-3H3;1H. The largest absolute Gasteiger partial charge is 1.00 e. The number of unbranched alkanes of at least 4 members (excludes halogenated alkanes) is 8. The second-order valence-electron chi connectivity index (χ2n) is 10.4. The van der Waals surface area contributed by atoms with Crippen LogP contribution in [-0.4, -0.2) is 17.2 Å². The summed E-state index contributed by atoms with van der Waals surface area (Å²) in [6.45, 7) is 6.64. The topological polar surface area (TPSA) is 37.3 Å². The first-order valence-corrected chi connectivity index (χ1v) is 15.7. The number of rotatable bonds is 15. The maximum absolute atomic E-state index is 10.6. The molecule has 200 valence electrons. The van der Waals surface area contributed by atoms with E-state index < -0.39 is 13.2 Å². The normalized spacial score (nSPS) is 11.2. The summed E-state index contributed by atoms with van der Waals surface area (Å²) in [4.78, 5) is 10.6. The Morgan fingerprint density at radius 2 is 0.946 bits per heavy atom. The van der Waals surface area contributed by atoms with Crippen molar-refractivity contribution < 1.29 is 26.9 Å². The number of hydrogen-bond acceptors (Lipinski definition) is 1. The SMILES string of the molecule is Cc1cccc([P+](CCCCCCCCCCCC(=O)O)(c2cccc(C)c2)c2cccc(C)c2)c1.[Br-]. The molecule has 0 spiro atoms. The summed E-state index contributed by atoms with van der Waals surface area (Å²) in [6, 6.07) is 27.8. The lowest BCUT2D eigenvalue weighted by molar-refractivity contribution is -0.137. The van der Waals surface area contributed by atoms with Crippen molar-refractivity contribution in [2.45, 2.75) is 85.0 Å². The summed E-state index contributed by atoms with van der Waals surface area (Å²) in [6.07, 6.45) is 12.1. The minimum atomic E-state index is -1.76. The monoisotopic (exact) mass is 582 g/mol. The molecule has 37 heavy (non-hydrogen) atoms. The molecule has 1 N–H and O–H groups in total. The van der Waals surface area contributed by atoms with E-state index in [0.717, 1.165) is 19.3 Å². The number of hydrogen-bond donors (Lipinski definition) is 1. The molecule has 0 aliphatic heterocycles. The Bertz CT molecular complexity index is 1000. The van der Waals surface area contributed by atoms with Crippen molar-refractivity contribution in [3.05, 3.63) is 89.5 Å². The molecule has 0 amide bonds. The molecule has 0 atom stereocenters. The van der Waals surface area contributed by atoms with Crippen molar-refractivity contribution in [2.24, 2.45) is 0 Å². The average Bonchev–Trinajstić information content (AvgIpc) is 2.85. The highest BCUT2D eigenvalue weighted by molar-refractivity contribution is 7.95. The van der Waals surface area contributed by atoms with Gasteiger partial charge in [0.05, 0.1) is 6.16 Å². The zero-order chi connectivity index (χ0) is 25.8. The zero-order valence-corrected chi connectivity index (χ0v) is 25.4. The van der Waals surface area contributed by atoms with Crippen molar-refractivity contribution in [1.29, 1.82) is 0 Å². The van der Waals surface area contributed by atoms with E-state index in [4.69, 9.17) is 5.11 Å². The molecule has 0 radical (unpaired) electrons. The van der Waals surface area contributed by atoms with Gasteiger partial charge in [-0.05, 0) is 93.1 Å². The maximum atomic E-state index is 10.6. The van der Waals surface area contributed by atoms with Gasteiger partial charge in [-0.25, -0.2) is 0 Å². The Kier molecular flexibility index (Phi) is 13.6. The highest BCUT2D eigenvalue weighted by Gasteiger charge is 2.45. The molecule has 3 rings (SSSR count). The number of benzene rings is 3. The number of carbonyl (C=O) groups is 1. The first-order valence-electron chi connectivity index (χ1n) is 13.7. The molecular formula is C33H44BrO2P. The fourth-order valence-electron chi connectivity index (χ4n) is 5.29. The van der Waals surface area contributed by atoms with Crippen molar-refractivity contribution in [3.8, 4) is 0 Å². The number of aliphatic carboxylic acids is 1. The second kappa shape index (κ2) is 16.1. The van der Waals surface area contributed by atoms with Crippen LogP contribution >= 0.6 is 7.26 Å². The van der Waals surface area contributed by atoms with Crippen LogP contribution in [0.5, 0.6) is 0 Å². The highest BCUT2D eigenvalue weighted by Crippen LogP contribution is 2.56. The molecule has 0 unspecified atom stereocenters. The third kappa shape index (κ3) is 9.38. The minimum absolute atomic E-state index is 0. The molecule has 4 heteroatoms. The quantitative estimate of drug-likeness (QED) is 0.204. The van der Waals surface area contributed by atoms with Crippen LogP contribution in [-0.2, 0) is 4.79 Å². The van der Waals surface area contributed by atoms with E-state index >= 15 is 0 Å². The van der Waals surface area contributed by atoms with Crippen LogP contribution < -0.4 is 32.9 Å². The Hall–Kier alpha value is -1.96. The molecule has 0 saturated carbocycles. The predicted molar refractivity (Wildman–Crippen MR) is 158 cm³/mol. The molecule has 0 aliphatic carbocycles. The maximum Gasteiger partial charge on any atom is 0.303 e. The summed E-state index contributed by atoms with van der Waals surface area (Å²) in [7, 11) is -1.76. The van der Waals surface area contributed by atoms with Crippen molar-refractivity contribution in [3.63, 3.8) is 0 Å². The molecule has 2 nitrogen and oxygen atoms in total. The van der Waals surface area contributed by atoms with Crippen LogP contribution in [0.25, 0.3) is 0 Å². The van der Waals surface area contributed by atoms with E-state index in [1.807, 2.05) is 0 Å². The molecule has 3 aromatic carbocycles. The molecule has 0 saturated heterocycles. The van der Waals surface area contributed by atoms with Crippen LogP contribution in [0.3, 0.4) is 0 Å². The van der Waals surface area contributed by atoms with Gasteiger partial charge in [0.15, 0.2) is 0 Å². The second-order valence-corrected chi connectivity index (χ2v) is 14.0. The van der Waals surface area contributed by atoms with Gasteiger partial charge in [0, 0.05) is 6.42 Å². The molecule has 0 fully saturated rings. The Labute approximate surface area is 236 Å². The number of carboxylic acids is 1. The lowest BCUT2D eigenvalue weighted by Gasteiger charge is -2.28. The fourth-order valence-corrected chi connectivity index (χ4v) is 9.95. The third-order valence-corrected chi connectivity index (χ3v) is 11.7. The van der Waals surface area contributed by atoms with Crippen LogP contribution in [0.15, 0.2) is 72.8 Å². The van der Waals surface area contributed by atoms with Gasteiger partial charge >= 0.3 is 5.97 Å².